The molecule has 0 bridgehead atoms. The maximum atomic E-state index is 11.4. The van der Waals surface area contributed by atoms with Crippen LogP contribution in [0, 0.1) is 0 Å². The second-order valence-corrected chi connectivity index (χ2v) is 3.95. The summed E-state index contributed by atoms with van der Waals surface area (Å²) in [5, 5.41) is 5.91. The fraction of sp³-hybridized carbons (Fsp3) is 0.917. The maximum absolute atomic E-state index is 11.4. The standard InChI is InChI=1S/C12H27N3O2/c1-4-8-15(5-2)9-6-14-12(16)11-13-7-10-17-3/h13H,4-11H2,1-3H3,(H,14,16). The third-order valence-corrected chi connectivity index (χ3v) is 2.51. The molecule has 0 rings (SSSR count). The van der Waals surface area contributed by atoms with Crippen LogP contribution in [-0.4, -0.2) is 63.8 Å². The van der Waals surface area contributed by atoms with Gasteiger partial charge in [0, 0.05) is 26.7 Å². The van der Waals surface area contributed by atoms with Crippen LogP contribution in [0.5, 0.6) is 0 Å². The van der Waals surface area contributed by atoms with E-state index in [0.29, 0.717) is 19.7 Å². The van der Waals surface area contributed by atoms with Crippen molar-refractivity contribution in [3.8, 4) is 0 Å². The Morgan fingerprint density at radius 2 is 2.00 bits per heavy atom. The number of nitrogens with one attached hydrogen (secondary N) is 2. The van der Waals surface area contributed by atoms with Crippen molar-refractivity contribution in [1.82, 2.24) is 15.5 Å². The molecule has 0 fully saturated rings. The molecule has 0 aliphatic heterocycles. The van der Waals surface area contributed by atoms with Gasteiger partial charge in [0.05, 0.1) is 13.2 Å². The van der Waals surface area contributed by atoms with Crippen LogP contribution >= 0.6 is 0 Å². The molecule has 0 aliphatic rings. The van der Waals surface area contributed by atoms with Gasteiger partial charge in [0.2, 0.25) is 5.91 Å². The van der Waals surface area contributed by atoms with Crippen molar-refractivity contribution in [2.75, 3.05) is 53.0 Å². The molecule has 0 saturated heterocycles. The summed E-state index contributed by atoms with van der Waals surface area (Å²) in [4.78, 5) is 13.7. The quantitative estimate of drug-likeness (QED) is 0.506. The molecule has 0 unspecified atom stereocenters. The molecule has 5 nitrogen and oxygen atoms in total. The molecule has 0 aromatic rings. The van der Waals surface area contributed by atoms with E-state index in [0.717, 1.165) is 32.6 Å². The highest BCUT2D eigenvalue weighted by atomic mass is 16.5. The second kappa shape index (κ2) is 11.8. The largest absolute Gasteiger partial charge is 0.383 e. The smallest absolute Gasteiger partial charge is 0.234 e. The van der Waals surface area contributed by atoms with Crippen molar-refractivity contribution in [3.05, 3.63) is 0 Å². The summed E-state index contributed by atoms with van der Waals surface area (Å²) < 4.78 is 4.88. The summed E-state index contributed by atoms with van der Waals surface area (Å²) in [6.07, 6.45) is 1.15. The Balaban J connectivity index is 3.42. The lowest BCUT2D eigenvalue weighted by Gasteiger charge is -2.19. The van der Waals surface area contributed by atoms with Crippen molar-refractivity contribution in [2.24, 2.45) is 0 Å². The molecule has 17 heavy (non-hydrogen) atoms. The SMILES string of the molecule is CCCN(CC)CCNC(=O)CNCCOC. The monoisotopic (exact) mass is 245 g/mol. The molecule has 0 radical (unpaired) electrons. The van der Waals surface area contributed by atoms with Gasteiger partial charge in [0.25, 0.3) is 0 Å². The molecule has 0 heterocycles. The Hall–Kier alpha value is -0.650. The lowest BCUT2D eigenvalue weighted by Crippen LogP contribution is -2.39. The van der Waals surface area contributed by atoms with E-state index in [1.54, 1.807) is 7.11 Å². The molecule has 0 atom stereocenters. The number of methoxy groups -OCH3 is 1. The van der Waals surface area contributed by atoms with Crippen LogP contribution < -0.4 is 10.6 Å². The minimum Gasteiger partial charge on any atom is -0.383 e. The third kappa shape index (κ3) is 10.2. The molecule has 102 valence electrons. The van der Waals surface area contributed by atoms with Crippen molar-refractivity contribution in [3.63, 3.8) is 0 Å². The van der Waals surface area contributed by atoms with E-state index in [1.807, 2.05) is 0 Å². The van der Waals surface area contributed by atoms with Gasteiger partial charge in [0.1, 0.15) is 0 Å². The summed E-state index contributed by atoms with van der Waals surface area (Å²) in [7, 11) is 1.65. The number of carbonyl (C=O) groups excluding carboxylic acids is 1. The highest BCUT2D eigenvalue weighted by Gasteiger charge is 2.02. The van der Waals surface area contributed by atoms with Crippen LogP contribution in [0.2, 0.25) is 0 Å². The first-order valence-corrected chi connectivity index (χ1v) is 6.43. The van der Waals surface area contributed by atoms with Crippen LogP contribution in [-0.2, 0) is 9.53 Å². The molecule has 0 saturated carbocycles. The van der Waals surface area contributed by atoms with E-state index in [1.165, 1.54) is 0 Å². The van der Waals surface area contributed by atoms with Gasteiger partial charge in [-0.3, -0.25) is 4.79 Å². The van der Waals surface area contributed by atoms with E-state index >= 15 is 0 Å². The predicted octanol–water partition coefficient (Wildman–Crippen LogP) is 0.0705. The van der Waals surface area contributed by atoms with Gasteiger partial charge in [0.15, 0.2) is 0 Å². The maximum Gasteiger partial charge on any atom is 0.234 e. The molecule has 0 aromatic heterocycles. The average molecular weight is 245 g/mol. The third-order valence-electron chi connectivity index (χ3n) is 2.51. The number of nitrogens with zero attached hydrogens (tertiary/aromatic N) is 1. The molecule has 1 amide bonds. The van der Waals surface area contributed by atoms with Crippen LogP contribution in [0.25, 0.3) is 0 Å². The molecule has 5 heteroatoms. The van der Waals surface area contributed by atoms with Gasteiger partial charge in [-0.05, 0) is 19.5 Å². The Labute approximate surface area is 105 Å². The molecule has 0 aliphatic carbocycles. The van der Waals surface area contributed by atoms with E-state index in [9.17, 15) is 4.79 Å². The minimum absolute atomic E-state index is 0.0497. The van der Waals surface area contributed by atoms with Gasteiger partial charge in [-0.25, -0.2) is 0 Å². The summed E-state index contributed by atoms with van der Waals surface area (Å²) >= 11 is 0. The van der Waals surface area contributed by atoms with E-state index in [4.69, 9.17) is 4.74 Å². The lowest BCUT2D eigenvalue weighted by atomic mass is 10.4. The van der Waals surface area contributed by atoms with Gasteiger partial charge in [-0.1, -0.05) is 13.8 Å². The fourth-order valence-corrected chi connectivity index (χ4v) is 1.54. The number of hydrogen-bond donors (Lipinski definition) is 2. The van der Waals surface area contributed by atoms with Crippen LogP contribution in [0.1, 0.15) is 20.3 Å². The highest BCUT2D eigenvalue weighted by Crippen LogP contribution is 1.88. The van der Waals surface area contributed by atoms with Gasteiger partial charge >= 0.3 is 0 Å². The zero-order valence-electron chi connectivity index (χ0n) is 11.4. The van der Waals surface area contributed by atoms with Gasteiger partial charge < -0.3 is 20.3 Å². The molecule has 0 spiro atoms. The zero-order chi connectivity index (χ0) is 12.9. The van der Waals surface area contributed by atoms with Crippen LogP contribution in [0.4, 0.5) is 0 Å². The van der Waals surface area contributed by atoms with Crippen LogP contribution in [0.3, 0.4) is 0 Å². The Morgan fingerprint density at radius 1 is 1.24 bits per heavy atom. The number of carbonyl (C=O) groups is 1. The summed E-state index contributed by atoms with van der Waals surface area (Å²) in [5.74, 6) is 0.0497. The fourth-order valence-electron chi connectivity index (χ4n) is 1.54. The van der Waals surface area contributed by atoms with Crippen LogP contribution in [0.15, 0.2) is 0 Å². The number of rotatable bonds is 11. The van der Waals surface area contributed by atoms with Crippen molar-refractivity contribution in [2.45, 2.75) is 20.3 Å². The van der Waals surface area contributed by atoms with Gasteiger partial charge in [-0.2, -0.15) is 0 Å². The number of ether oxygens (including phenoxy) is 1. The average Bonchev–Trinajstić information content (AvgIpc) is 2.33. The first-order valence-electron chi connectivity index (χ1n) is 6.43. The van der Waals surface area contributed by atoms with Gasteiger partial charge in [-0.15, -0.1) is 0 Å². The Morgan fingerprint density at radius 3 is 2.59 bits per heavy atom. The zero-order valence-corrected chi connectivity index (χ0v) is 11.4. The molecule has 0 aromatic carbocycles. The summed E-state index contributed by atoms with van der Waals surface area (Å²) in [5.41, 5.74) is 0. The second-order valence-electron chi connectivity index (χ2n) is 3.95. The number of hydrogen-bond acceptors (Lipinski definition) is 4. The summed E-state index contributed by atoms with van der Waals surface area (Å²) in [6, 6.07) is 0. The van der Waals surface area contributed by atoms with Crippen molar-refractivity contribution < 1.29 is 9.53 Å². The summed E-state index contributed by atoms with van der Waals surface area (Å²) in [6.45, 7) is 9.79. The first-order chi connectivity index (χ1) is 8.24. The van der Waals surface area contributed by atoms with Crippen molar-refractivity contribution >= 4 is 5.91 Å². The van der Waals surface area contributed by atoms with Crippen molar-refractivity contribution in [1.29, 1.82) is 0 Å². The molecule has 2 N–H and O–H groups in total. The Kier molecular flexibility index (Phi) is 11.4. The van der Waals surface area contributed by atoms with E-state index in [2.05, 4.69) is 29.4 Å². The number of amides is 1. The molecular weight excluding hydrogens is 218 g/mol. The highest BCUT2D eigenvalue weighted by molar-refractivity contribution is 5.77. The lowest BCUT2D eigenvalue weighted by molar-refractivity contribution is -0.120. The van der Waals surface area contributed by atoms with E-state index < -0.39 is 0 Å². The number of likely N-dealkylation sites (N-methyl/N-ethyl adjacent to an activating group) is 1. The normalized spacial score (nSPS) is 10.8. The first kappa shape index (κ1) is 16.4. The predicted molar refractivity (Wildman–Crippen MR) is 70.2 cm³/mol. The Bertz CT molecular complexity index is 189. The minimum atomic E-state index is 0.0497. The molecular formula is C12H27N3O2. The topological polar surface area (TPSA) is 53.6 Å². The van der Waals surface area contributed by atoms with E-state index in [-0.39, 0.29) is 5.91 Å².